The first-order valence-corrected chi connectivity index (χ1v) is 11.4. The minimum Gasteiger partial charge on any atom is -0.493 e. The van der Waals surface area contributed by atoms with Crippen molar-refractivity contribution in [2.24, 2.45) is 0 Å². The minimum absolute atomic E-state index is 0.0193. The van der Waals surface area contributed by atoms with Gasteiger partial charge in [-0.05, 0) is 67.4 Å². The van der Waals surface area contributed by atoms with E-state index in [1.807, 2.05) is 62.4 Å². The fourth-order valence-corrected chi connectivity index (χ4v) is 3.34. The summed E-state index contributed by atoms with van der Waals surface area (Å²) in [5, 5.41) is 12.3. The van der Waals surface area contributed by atoms with Gasteiger partial charge in [0, 0.05) is 15.7 Å². The highest BCUT2D eigenvalue weighted by molar-refractivity contribution is 9.10. The Morgan fingerprint density at radius 3 is 2.45 bits per heavy atom. The quantitative estimate of drug-likeness (QED) is 0.260. The highest BCUT2D eigenvalue weighted by Gasteiger charge is 2.12. The van der Waals surface area contributed by atoms with Gasteiger partial charge in [-0.15, -0.1) is 0 Å². The Labute approximate surface area is 202 Å². The van der Waals surface area contributed by atoms with Crippen LogP contribution in [0.5, 0.6) is 11.5 Å². The number of ether oxygens (including phenoxy) is 2. The molecule has 0 aliphatic rings. The molecule has 0 unspecified atom stereocenters. The zero-order valence-electron chi connectivity index (χ0n) is 18.6. The number of nitriles is 1. The Kier molecular flexibility index (Phi) is 8.68. The lowest BCUT2D eigenvalue weighted by atomic mass is 10.1. The number of hydrogen-bond donors (Lipinski definition) is 1. The molecule has 6 heteroatoms. The lowest BCUT2D eigenvalue weighted by Gasteiger charge is -2.10. The molecule has 1 amide bonds. The second-order valence-corrected chi connectivity index (χ2v) is 8.37. The molecule has 0 radical (unpaired) electrons. The number of rotatable bonds is 9. The van der Waals surface area contributed by atoms with E-state index in [2.05, 4.69) is 21.2 Å². The molecule has 0 aliphatic carbocycles. The normalized spacial score (nSPS) is 10.9. The largest absolute Gasteiger partial charge is 0.493 e. The van der Waals surface area contributed by atoms with Crippen LogP contribution in [0.2, 0.25) is 0 Å². The average Bonchev–Trinajstić information content (AvgIpc) is 2.82. The van der Waals surface area contributed by atoms with Crippen LogP contribution in [0.15, 0.2) is 76.8 Å². The number of hydrogen-bond acceptors (Lipinski definition) is 4. The molecule has 0 atom stereocenters. The molecule has 3 aromatic rings. The summed E-state index contributed by atoms with van der Waals surface area (Å²) in [6, 6.07) is 22.7. The summed E-state index contributed by atoms with van der Waals surface area (Å²) < 4.78 is 12.4. The van der Waals surface area contributed by atoms with Gasteiger partial charge in [0.25, 0.3) is 5.91 Å². The number of carbonyl (C=O) groups is 1. The zero-order chi connectivity index (χ0) is 23.6. The summed E-state index contributed by atoms with van der Waals surface area (Å²) in [5.74, 6) is 0.819. The molecule has 1 N–H and O–H groups in total. The molecule has 33 heavy (non-hydrogen) atoms. The van der Waals surface area contributed by atoms with Gasteiger partial charge in [-0.2, -0.15) is 5.26 Å². The molecular weight excluding hydrogens is 480 g/mol. The van der Waals surface area contributed by atoms with Crippen molar-refractivity contribution in [2.45, 2.75) is 26.9 Å². The van der Waals surface area contributed by atoms with E-state index in [1.54, 1.807) is 24.3 Å². The maximum Gasteiger partial charge on any atom is 0.266 e. The molecule has 0 spiro atoms. The van der Waals surface area contributed by atoms with E-state index in [9.17, 15) is 10.1 Å². The van der Waals surface area contributed by atoms with Gasteiger partial charge in [-0.1, -0.05) is 52.7 Å². The molecule has 0 saturated carbocycles. The van der Waals surface area contributed by atoms with Crippen molar-refractivity contribution in [1.29, 1.82) is 5.26 Å². The molecule has 5 nitrogen and oxygen atoms in total. The Morgan fingerprint density at radius 1 is 1.06 bits per heavy atom. The highest BCUT2D eigenvalue weighted by Crippen LogP contribution is 2.26. The van der Waals surface area contributed by atoms with Crippen LogP contribution in [0.1, 0.15) is 30.0 Å². The fraction of sp³-hybridized carbons (Fsp3) is 0.185. The van der Waals surface area contributed by atoms with Crippen LogP contribution < -0.4 is 14.8 Å². The lowest BCUT2D eigenvalue weighted by Crippen LogP contribution is -2.13. The van der Waals surface area contributed by atoms with Gasteiger partial charge < -0.3 is 14.8 Å². The molecule has 0 heterocycles. The predicted molar refractivity (Wildman–Crippen MR) is 134 cm³/mol. The van der Waals surface area contributed by atoms with E-state index in [1.165, 1.54) is 11.6 Å². The standard InChI is InChI=1S/C27H25BrN2O3/c1-3-14-32-26-13-8-23(28)16-21(26)15-22(17-29)27(31)30-24-9-11-25(12-10-24)33-18-20-6-4-19(2)5-7-20/h4-13,15-16H,3,14,18H2,1-2H3,(H,30,31)/b22-15+. The fourth-order valence-electron chi connectivity index (χ4n) is 2.96. The van der Waals surface area contributed by atoms with Crippen molar-refractivity contribution < 1.29 is 14.3 Å². The number of anilines is 1. The Hall–Kier alpha value is -3.56. The van der Waals surface area contributed by atoms with E-state index in [4.69, 9.17) is 9.47 Å². The number of benzene rings is 3. The Morgan fingerprint density at radius 2 is 1.79 bits per heavy atom. The smallest absolute Gasteiger partial charge is 0.266 e. The van der Waals surface area contributed by atoms with Gasteiger partial charge in [0.1, 0.15) is 29.7 Å². The number of halogens is 1. The summed E-state index contributed by atoms with van der Waals surface area (Å²) in [7, 11) is 0. The number of carbonyl (C=O) groups excluding carboxylic acids is 1. The van der Waals surface area contributed by atoms with Gasteiger partial charge >= 0.3 is 0 Å². The van der Waals surface area contributed by atoms with Crippen LogP contribution in [0.3, 0.4) is 0 Å². The number of nitrogens with zero attached hydrogens (tertiary/aromatic N) is 1. The molecular formula is C27H25BrN2O3. The van der Waals surface area contributed by atoms with Crippen LogP contribution in [0.4, 0.5) is 5.69 Å². The van der Waals surface area contributed by atoms with E-state index in [0.29, 0.717) is 36.0 Å². The third kappa shape index (κ3) is 7.23. The van der Waals surface area contributed by atoms with Crippen LogP contribution >= 0.6 is 15.9 Å². The molecule has 3 aromatic carbocycles. The minimum atomic E-state index is -0.493. The van der Waals surface area contributed by atoms with Crippen molar-refractivity contribution in [3.05, 3.63) is 93.5 Å². The first kappa shape index (κ1) is 24.1. The van der Waals surface area contributed by atoms with E-state index in [0.717, 1.165) is 16.5 Å². The number of aryl methyl sites for hydroxylation is 1. The third-order valence-corrected chi connectivity index (χ3v) is 5.23. The summed E-state index contributed by atoms with van der Waals surface area (Å²) in [4.78, 5) is 12.7. The van der Waals surface area contributed by atoms with Crippen LogP contribution in [-0.2, 0) is 11.4 Å². The van der Waals surface area contributed by atoms with E-state index < -0.39 is 5.91 Å². The molecule has 3 rings (SSSR count). The maximum atomic E-state index is 12.7. The summed E-state index contributed by atoms with van der Waals surface area (Å²) in [6.45, 7) is 5.07. The molecule has 0 bridgehead atoms. The van der Waals surface area contributed by atoms with E-state index >= 15 is 0 Å². The number of amides is 1. The van der Waals surface area contributed by atoms with E-state index in [-0.39, 0.29) is 5.57 Å². The summed E-state index contributed by atoms with van der Waals surface area (Å²) in [6.07, 6.45) is 2.39. The SMILES string of the molecule is CCCOc1ccc(Br)cc1/C=C(\C#N)C(=O)Nc1ccc(OCc2ccc(C)cc2)cc1. The molecule has 0 aromatic heterocycles. The lowest BCUT2D eigenvalue weighted by molar-refractivity contribution is -0.112. The van der Waals surface area contributed by atoms with Crippen LogP contribution in [0, 0.1) is 18.3 Å². The topological polar surface area (TPSA) is 71.3 Å². The summed E-state index contributed by atoms with van der Waals surface area (Å²) in [5.41, 5.74) is 3.49. The second kappa shape index (κ2) is 11.9. The van der Waals surface area contributed by atoms with Gasteiger partial charge in [-0.25, -0.2) is 0 Å². The van der Waals surface area contributed by atoms with Crippen LogP contribution in [-0.4, -0.2) is 12.5 Å². The van der Waals surface area contributed by atoms with Crippen molar-refractivity contribution in [3.63, 3.8) is 0 Å². The van der Waals surface area contributed by atoms with Crippen molar-refractivity contribution >= 4 is 33.6 Å². The van der Waals surface area contributed by atoms with Gasteiger partial charge in [0.15, 0.2) is 0 Å². The average molecular weight is 505 g/mol. The third-order valence-electron chi connectivity index (χ3n) is 4.74. The first-order chi connectivity index (χ1) is 16.0. The number of nitrogens with one attached hydrogen (secondary N) is 1. The molecule has 0 aliphatic heterocycles. The summed E-state index contributed by atoms with van der Waals surface area (Å²) >= 11 is 3.42. The van der Waals surface area contributed by atoms with Crippen LogP contribution in [0.25, 0.3) is 6.08 Å². The Balaban J connectivity index is 1.66. The zero-order valence-corrected chi connectivity index (χ0v) is 20.2. The van der Waals surface area contributed by atoms with Crippen molar-refractivity contribution in [2.75, 3.05) is 11.9 Å². The molecule has 0 fully saturated rings. The highest BCUT2D eigenvalue weighted by atomic mass is 79.9. The first-order valence-electron chi connectivity index (χ1n) is 10.6. The van der Waals surface area contributed by atoms with Crippen molar-refractivity contribution in [1.82, 2.24) is 0 Å². The van der Waals surface area contributed by atoms with Gasteiger partial charge in [-0.3, -0.25) is 4.79 Å². The van der Waals surface area contributed by atoms with Crippen molar-refractivity contribution in [3.8, 4) is 17.6 Å². The monoisotopic (exact) mass is 504 g/mol. The predicted octanol–water partition coefficient (Wildman–Crippen LogP) is 6.67. The Bertz CT molecular complexity index is 1160. The molecule has 0 saturated heterocycles. The van der Waals surface area contributed by atoms with Gasteiger partial charge in [0.05, 0.1) is 6.61 Å². The molecule has 168 valence electrons. The second-order valence-electron chi connectivity index (χ2n) is 7.45. The van der Waals surface area contributed by atoms with Gasteiger partial charge in [0.2, 0.25) is 0 Å². The maximum absolute atomic E-state index is 12.7.